The Hall–Kier alpha value is -3.87. The predicted octanol–water partition coefficient (Wildman–Crippen LogP) is 3.83. The SMILES string of the molecule is CC(C)(C)OC(=O)NC(CC(=O)O)Cn1nnc(-c2ccc(Oc3ncc(Cl)cc3F)c(F)c2)n1. The highest BCUT2D eigenvalue weighted by Crippen LogP contribution is 2.28. The number of hydrogen-bond donors (Lipinski definition) is 2. The van der Waals surface area contributed by atoms with Crippen LogP contribution in [0.3, 0.4) is 0 Å². The number of amides is 1. The number of pyridine rings is 1. The zero-order chi connectivity index (χ0) is 25.8. The monoisotopic (exact) mass is 510 g/mol. The molecule has 0 saturated carbocycles. The van der Waals surface area contributed by atoms with E-state index in [1.54, 1.807) is 20.8 Å². The predicted molar refractivity (Wildman–Crippen MR) is 118 cm³/mol. The fourth-order valence-corrected chi connectivity index (χ4v) is 2.93. The van der Waals surface area contributed by atoms with Gasteiger partial charge in [-0.3, -0.25) is 4.79 Å². The molecular weight excluding hydrogens is 490 g/mol. The van der Waals surface area contributed by atoms with Gasteiger partial charge >= 0.3 is 12.1 Å². The van der Waals surface area contributed by atoms with Gasteiger partial charge in [0, 0.05) is 11.8 Å². The van der Waals surface area contributed by atoms with Gasteiger partial charge in [-0.05, 0) is 50.3 Å². The van der Waals surface area contributed by atoms with Crippen molar-refractivity contribution in [2.24, 2.45) is 0 Å². The third-order valence-electron chi connectivity index (χ3n) is 4.15. The van der Waals surface area contributed by atoms with Crippen molar-refractivity contribution in [2.45, 2.75) is 45.4 Å². The molecule has 3 aromatic rings. The number of ether oxygens (including phenoxy) is 2. The summed E-state index contributed by atoms with van der Waals surface area (Å²) >= 11 is 5.64. The lowest BCUT2D eigenvalue weighted by atomic mass is 10.2. The number of nitrogens with zero attached hydrogens (tertiary/aromatic N) is 5. The molecule has 1 unspecified atom stereocenters. The van der Waals surface area contributed by atoms with E-state index in [-0.39, 0.29) is 28.7 Å². The smallest absolute Gasteiger partial charge is 0.407 e. The maximum Gasteiger partial charge on any atom is 0.407 e. The number of nitrogens with one attached hydrogen (secondary N) is 1. The van der Waals surface area contributed by atoms with Gasteiger partial charge in [-0.2, -0.15) is 4.80 Å². The van der Waals surface area contributed by atoms with Crippen LogP contribution in [0.5, 0.6) is 11.6 Å². The van der Waals surface area contributed by atoms with E-state index >= 15 is 0 Å². The standard InChI is InChI=1S/C21H21ClF2N6O5/c1-21(2,3)35-20(33)26-13(8-17(31)32)10-30-28-18(27-29-30)11-4-5-16(14(23)6-11)34-19-15(24)7-12(22)9-25-19/h4-7,9,13H,8,10H2,1-3H3,(H,26,33)(H,31,32). The maximum atomic E-state index is 14.6. The number of carbonyl (C=O) groups is 2. The minimum Gasteiger partial charge on any atom is -0.481 e. The molecular formula is C21H21ClF2N6O5. The first-order valence-electron chi connectivity index (χ1n) is 10.2. The van der Waals surface area contributed by atoms with E-state index in [1.807, 2.05) is 0 Å². The molecule has 11 nitrogen and oxygen atoms in total. The summed E-state index contributed by atoms with van der Waals surface area (Å²) in [5.74, 6) is -3.58. The first kappa shape index (κ1) is 25.7. The molecule has 1 atom stereocenters. The van der Waals surface area contributed by atoms with Gasteiger partial charge in [-0.1, -0.05) is 11.6 Å². The number of aromatic nitrogens is 5. The van der Waals surface area contributed by atoms with Gasteiger partial charge in [0.15, 0.2) is 17.4 Å². The zero-order valence-electron chi connectivity index (χ0n) is 18.8. The lowest BCUT2D eigenvalue weighted by Gasteiger charge is -2.22. The molecule has 0 spiro atoms. The van der Waals surface area contributed by atoms with E-state index in [9.17, 15) is 18.4 Å². The number of carbonyl (C=O) groups excluding carboxylic acids is 1. The van der Waals surface area contributed by atoms with Crippen molar-refractivity contribution in [3.05, 3.63) is 47.1 Å². The van der Waals surface area contributed by atoms with Crippen LogP contribution in [0.25, 0.3) is 11.4 Å². The van der Waals surface area contributed by atoms with E-state index in [0.717, 1.165) is 23.1 Å². The summed E-state index contributed by atoms with van der Waals surface area (Å²) in [6.45, 7) is 4.87. The summed E-state index contributed by atoms with van der Waals surface area (Å²) in [6, 6.07) is 3.78. The number of alkyl carbamates (subject to hydrolysis) is 1. The number of halogens is 3. The number of rotatable bonds is 8. The number of aliphatic carboxylic acids is 1. The van der Waals surface area contributed by atoms with Crippen LogP contribution in [-0.2, 0) is 16.1 Å². The molecule has 1 aromatic carbocycles. The molecule has 0 aliphatic heterocycles. The van der Waals surface area contributed by atoms with E-state index < -0.39 is 47.6 Å². The van der Waals surface area contributed by atoms with Crippen LogP contribution in [0.1, 0.15) is 27.2 Å². The summed E-state index contributed by atoms with van der Waals surface area (Å²) in [7, 11) is 0. The Morgan fingerprint density at radius 3 is 2.60 bits per heavy atom. The van der Waals surface area contributed by atoms with Crippen LogP contribution in [0.15, 0.2) is 30.5 Å². The van der Waals surface area contributed by atoms with Gasteiger partial charge in [0.25, 0.3) is 5.88 Å². The van der Waals surface area contributed by atoms with Crippen LogP contribution < -0.4 is 10.1 Å². The highest BCUT2D eigenvalue weighted by Gasteiger charge is 2.23. The molecule has 14 heteroatoms. The Morgan fingerprint density at radius 2 is 1.97 bits per heavy atom. The molecule has 2 N–H and O–H groups in total. The molecule has 2 aromatic heterocycles. The lowest BCUT2D eigenvalue weighted by Crippen LogP contribution is -2.42. The molecule has 0 saturated heterocycles. The first-order chi connectivity index (χ1) is 16.4. The first-order valence-corrected chi connectivity index (χ1v) is 10.6. The summed E-state index contributed by atoms with van der Waals surface area (Å²) in [4.78, 5) is 27.9. The van der Waals surface area contributed by atoms with Gasteiger partial charge in [0.05, 0.1) is 24.0 Å². The lowest BCUT2D eigenvalue weighted by molar-refractivity contribution is -0.137. The van der Waals surface area contributed by atoms with E-state index in [1.165, 1.54) is 12.1 Å². The van der Waals surface area contributed by atoms with Crippen LogP contribution >= 0.6 is 11.6 Å². The quantitative estimate of drug-likeness (QED) is 0.462. The van der Waals surface area contributed by atoms with Crippen molar-refractivity contribution in [3.8, 4) is 23.0 Å². The van der Waals surface area contributed by atoms with Crippen LogP contribution in [0.4, 0.5) is 13.6 Å². The molecule has 0 aliphatic carbocycles. The molecule has 0 aliphatic rings. The van der Waals surface area contributed by atoms with Gasteiger partial charge in [0.2, 0.25) is 5.82 Å². The van der Waals surface area contributed by atoms with Crippen molar-refractivity contribution in [1.29, 1.82) is 0 Å². The summed E-state index contributed by atoms with van der Waals surface area (Å²) < 4.78 is 38.7. The summed E-state index contributed by atoms with van der Waals surface area (Å²) in [5.41, 5.74) is -0.549. The maximum absolute atomic E-state index is 14.6. The number of carboxylic acid groups (broad SMARTS) is 1. The summed E-state index contributed by atoms with van der Waals surface area (Å²) in [5, 5.41) is 23.4. The number of carboxylic acids is 1. The Kier molecular flexibility index (Phi) is 7.79. The molecule has 186 valence electrons. The van der Waals surface area contributed by atoms with Crippen LogP contribution in [-0.4, -0.2) is 54.0 Å². The normalized spacial score (nSPS) is 12.2. The number of benzene rings is 1. The topological polar surface area (TPSA) is 141 Å². The number of hydrogen-bond acceptors (Lipinski definition) is 8. The van der Waals surface area contributed by atoms with E-state index in [0.29, 0.717) is 0 Å². The molecule has 35 heavy (non-hydrogen) atoms. The number of tetrazole rings is 1. The highest BCUT2D eigenvalue weighted by molar-refractivity contribution is 6.30. The zero-order valence-corrected chi connectivity index (χ0v) is 19.6. The molecule has 1 amide bonds. The highest BCUT2D eigenvalue weighted by atomic mass is 35.5. The average molecular weight is 511 g/mol. The van der Waals surface area contributed by atoms with Crippen molar-refractivity contribution < 1.29 is 33.0 Å². The minimum atomic E-state index is -1.16. The van der Waals surface area contributed by atoms with E-state index in [2.05, 4.69) is 25.7 Å². The second-order valence-electron chi connectivity index (χ2n) is 8.30. The van der Waals surface area contributed by atoms with Crippen molar-refractivity contribution in [2.75, 3.05) is 0 Å². The Labute approximate surface area is 203 Å². The Morgan fingerprint density at radius 1 is 1.23 bits per heavy atom. The Balaban J connectivity index is 1.72. The second kappa shape index (κ2) is 10.6. The molecule has 0 fully saturated rings. The van der Waals surface area contributed by atoms with Crippen molar-refractivity contribution >= 4 is 23.7 Å². The molecule has 3 rings (SSSR count). The van der Waals surface area contributed by atoms with Crippen LogP contribution in [0, 0.1) is 11.6 Å². The van der Waals surface area contributed by atoms with E-state index in [4.69, 9.17) is 26.2 Å². The van der Waals surface area contributed by atoms with Gasteiger partial charge in [0.1, 0.15) is 5.60 Å². The Bertz CT molecular complexity index is 1230. The summed E-state index contributed by atoms with van der Waals surface area (Å²) in [6.07, 6.45) is -0.0658. The third kappa shape index (κ3) is 7.57. The van der Waals surface area contributed by atoms with Crippen molar-refractivity contribution in [1.82, 2.24) is 30.5 Å². The fourth-order valence-electron chi connectivity index (χ4n) is 2.78. The molecule has 2 heterocycles. The minimum absolute atomic E-state index is 0.0255. The van der Waals surface area contributed by atoms with Gasteiger partial charge in [-0.25, -0.2) is 18.6 Å². The van der Waals surface area contributed by atoms with Gasteiger partial charge < -0.3 is 19.9 Å². The average Bonchev–Trinajstić information content (AvgIpc) is 3.17. The van der Waals surface area contributed by atoms with Crippen molar-refractivity contribution in [3.63, 3.8) is 0 Å². The largest absolute Gasteiger partial charge is 0.481 e. The molecule has 0 bridgehead atoms. The third-order valence-corrected chi connectivity index (χ3v) is 4.36. The fraction of sp³-hybridized carbons (Fsp3) is 0.333. The molecule has 0 radical (unpaired) electrons. The van der Waals surface area contributed by atoms with Gasteiger partial charge in [-0.15, -0.1) is 10.2 Å². The second-order valence-corrected chi connectivity index (χ2v) is 8.73. The van der Waals surface area contributed by atoms with Crippen LogP contribution in [0.2, 0.25) is 5.02 Å².